The SMILES string of the molecule is CCCCCc1ccc(NCc2ccnn2CC)cc1. The van der Waals surface area contributed by atoms with Crippen LogP contribution in [-0.4, -0.2) is 9.78 Å². The van der Waals surface area contributed by atoms with E-state index in [-0.39, 0.29) is 0 Å². The molecule has 0 radical (unpaired) electrons. The molecule has 0 fully saturated rings. The number of aromatic nitrogens is 2. The maximum atomic E-state index is 4.28. The molecule has 2 aromatic rings. The summed E-state index contributed by atoms with van der Waals surface area (Å²) in [5.41, 5.74) is 3.83. The number of benzene rings is 1. The Morgan fingerprint density at radius 2 is 1.85 bits per heavy atom. The highest BCUT2D eigenvalue weighted by atomic mass is 15.3. The summed E-state index contributed by atoms with van der Waals surface area (Å²) < 4.78 is 2.02. The van der Waals surface area contributed by atoms with Gasteiger partial charge in [-0.2, -0.15) is 5.10 Å². The zero-order valence-electron chi connectivity index (χ0n) is 12.6. The summed E-state index contributed by atoms with van der Waals surface area (Å²) in [5.74, 6) is 0. The summed E-state index contributed by atoms with van der Waals surface area (Å²) in [6, 6.07) is 10.9. The predicted molar refractivity (Wildman–Crippen MR) is 84.9 cm³/mol. The Morgan fingerprint density at radius 3 is 2.55 bits per heavy atom. The first-order valence-corrected chi connectivity index (χ1v) is 7.67. The van der Waals surface area contributed by atoms with Crippen LogP contribution in [-0.2, 0) is 19.5 Å². The zero-order chi connectivity index (χ0) is 14.2. The Hall–Kier alpha value is -1.77. The highest BCUT2D eigenvalue weighted by molar-refractivity contribution is 5.44. The number of aryl methyl sites for hydroxylation is 2. The largest absolute Gasteiger partial charge is 0.379 e. The van der Waals surface area contributed by atoms with Gasteiger partial charge in [-0.3, -0.25) is 4.68 Å². The van der Waals surface area contributed by atoms with Crippen molar-refractivity contribution in [1.29, 1.82) is 0 Å². The Morgan fingerprint density at radius 1 is 1.05 bits per heavy atom. The fraction of sp³-hybridized carbons (Fsp3) is 0.471. The van der Waals surface area contributed by atoms with Crippen molar-refractivity contribution in [3.63, 3.8) is 0 Å². The van der Waals surface area contributed by atoms with Gasteiger partial charge in [-0.25, -0.2) is 0 Å². The van der Waals surface area contributed by atoms with E-state index in [1.807, 2.05) is 10.9 Å². The highest BCUT2D eigenvalue weighted by Gasteiger charge is 2.00. The third-order valence-corrected chi connectivity index (χ3v) is 3.60. The van der Waals surface area contributed by atoms with Crippen LogP contribution in [0.4, 0.5) is 5.69 Å². The predicted octanol–water partition coefficient (Wildman–Crippen LogP) is 4.25. The number of hydrogen-bond donors (Lipinski definition) is 1. The van der Waals surface area contributed by atoms with Crippen molar-refractivity contribution in [3.8, 4) is 0 Å². The molecule has 1 heterocycles. The lowest BCUT2D eigenvalue weighted by Crippen LogP contribution is -2.07. The summed E-state index contributed by atoms with van der Waals surface area (Å²) in [6.45, 7) is 6.10. The second-order valence-electron chi connectivity index (χ2n) is 5.15. The molecule has 0 spiro atoms. The molecule has 0 aliphatic carbocycles. The Kier molecular flexibility index (Phi) is 5.66. The topological polar surface area (TPSA) is 29.9 Å². The van der Waals surface area contributed by atoms with E-state index < -0.39 is 0 Å². The molecule has 0 saturated carbocycles. The Labute approximate surface area is 122 Å². The summed E-state index contributed by atoms with van der Waals surface area (Å²) in [4.78, 5) is 0. The van der Waals surface area contributed by atoms with Crippen LogP contribution in [0.3, 0.4) is 0 Å². The van der Waals surface area contributed by atoms with Gasteiger partial charge in [-0.1, -0.05) is 31.9 Å². The van der Waals surface area contributed by atoms with Crippen LogP contribution < -0.4 is 5.32 Å². The molecule has 0 aliphatic heterocycles. The average molecular weight is 271 g/mol. The van der Waals surface area contributed by atoms with Gasteiger partial charge < -0.3 is 5.32 Å². The van der Waals surface area contributed by atoms with Gasteiger partial charge >= 0.3 is 0 Å². The van der Waals surface area contributed by atoms with Crippen LogP contribution in [0.1, 0.15) is 44.4 Å². The molecular formula is C17H25N3. The molecule has 0 bridgehead atoms. The second kappa shape index (κ2) is 7.73. The van der Waals surface area contributed by atoms with Gasteiger partial charge in [-0.05, 0) is 43.5 Å². The van der Waals surface area contributed by atoms with Crippen LogP contribution in [0.15, 0.2) is 36.5 Å². The van der Waals surface area contributed by atoms with E-state index in [1.165, 1.54) is 42.6 Å². The third kappa shape index (κ3) is 4.12. The lowest BCUT2D eigenvalue weighted by Gasteiger charge is -2.09. The molecule has 3 heteroatoms. The molecule has 0 atom stereocenters. The zero-order valence-corrected chi connectivity index (χ0v) is 12.6. The first kappa shape index (κ1) is 14.6. The maximum Gasteiger partial charge on any atom is 0.0575 e. The van der Waals surface area contributed by atoms with E-state index in [1.54, 1.807) is 0 Å². The van der Waals surface area contributed by atoms with Crippen LogP contribution in [0.2, 0.25) is 0 Å². The van der Waals surface area contributed by atoms with E-state index >= 15 is 0 Å². The number of hydrogen-bond acceptors (Lipinski definition) is 2. The van der Waals surface area contributed by atoms with Crippen molar-refractivity contribution in [2.75, 3.05) is 5.32 Å². The van der Waals surface area contributed by atoms with Crippen molar-refractivity contribution >= 4 is 5.69 Å². The molecule has 1 N–H and O–H groups in total. The van der Waals surface area contributed by atoms with Gasteiger partial charge in [0.15, 0.2) is 0 Å². The van der Waals surface area contributed by atoms with Crippen LogP contribution in [0, 0.1) is 0 Å². The monoisotopic (exact) mass is 271 g/mol. The van der Waals surface area contributed by atoms with E-state index in [4.69, 9.17) is 0 Å². The summed E-state index contributed by atoms with van der Waals surface area (Å²) in [6.07, 6.45) is 6.94. The standard InChI is InChI=1S/C17H25N3/c1-3-5-6-7-15-8-10-16(11-9-15)18-14-17-12-13-19-20(17)4-2/h8-13,18H,3-7,14H2,1-2H3. The molecule has 2 rings (SSSR count). The second-order valence-corrected chi connectivity index (χ2v) is 5.15. The minimum Gasteiger partial charge on any atom is -0.379 e. The third-order valence-electron chi connectivity index (χ3n) is 3.60. The molecule has 20 heavy (non-hydrogen) atoms. The molecule has 0 aliphatic rings. The maximum absolute atomic E-state index is 4.28. The van der Waals surface area contributed by atoms with E-state index in [9.17, 15) is 0 Å². The molecule has 108 valence electrons. The molecule has 0 unspecified atom stereocenters. The number of rotatable bonds is 8. The average Bonchev–Trinajstić information content (AvgIpc) is 2.94. The number of anilines is 1. The lowest BCUT2D eigenvalue weighted by molar-refractivity contribution is 0.627. The van der Waals surface area contributed by atoms with E-state index in [0.29, 0.717) is 0 Å². The smallest absolute Gasteiger partial charge is 0.0575 e. The molecule has 0 saturated heterocycles. The number of unbranched alkanes of at least 4 members (excludes halogenated alkanes) is 2. The summed E-state index contributed by atoms with van der Waals surface area (Å²) in [5, 5.41) is 7.73. The lowest BCUT2D eigenvalue weighted by atomic mass is 10.1. The first-order chi connectivity index (χ1) is 9.83. The Bertz CT molecular complexity index is 499. The van der Waals surface area contributed by atoms with Crippen LogP contribution in [0.25, 0.3) is 0 Å². The van der Waals surface area contributed by atoms with Crippen molar-refractivity contribution < 1.29 is 0 Å². The molecule has 1 aromatic heterocycles. The van der Waals surface area contributed by atoms with Gasteiger partial charge in [0.2, 0.25) is 0 Å². The van der Waals surface area contributed by atoms with Crippen molar-refractivity contribution in [2.24, 2.45) is 0 Å². The van der Waals surface area contributed by atoms with Gasteiger partial charge in [0.1, 0.15) is 0 Å². The normalized spacial score (nSPS) is 10.7. The molecule has 0 amide bonds. The molecule has 3 nitrogen and oxygen atoms in total. The molecular weight excluding hydrogens is 246 g/mol. The summed E-state index contributed by atoms with van der Waals surface area (Å²) >= 11 is 0. The van der Waals surface area contributed by atoms with Crippen LogP contribution in [0.5, 0.6) is 0 Å². The number of nitrogens with zero attached hydrogens (tertiary/aromatic N) is 2. The van der Waals surface area contributed by atoms with Gasteiger partial charge in [-0.15, -0.1) is 0 Å². The van der Waals surface area contributed by atoms with Crippen molar-refractivity contribution in [3.05, 3.63) is 47.8 Å². The van der Waals surface area contributed by atoms with Gasteiger partial charge in [0, 0.05) is 18.4 Å². The van der Waals surface area contributed by atoms with Gasteiger partial charge in [0.25, 0.3) is 0 Å². The van der Waals surface area contributed by atoms with E-state index in [0.717, 1.165) is 13.1 Å². The first-order valence-electron chi connectivity index (χ1n) is 7.67. The highest BCUT2D eigenvalue weighted by Crippen LogP contribution is 2.13. The van der Waals surface area contributed by atoms with Crippen LogP contribution >= 0.6 is 0 Å². The van der Waals surface area contributed by atoms with Crippen molar-refractivity contribution in [1.82, 2.24) is 9.78 Å². The Balaban J connectivity index is 1.84. The fourth-order valence-electron chi connectivity index (χ4n) is 2.36. The minimum absolute atomic E-state index is 0.822. The van der Waals surface area contributed by atoms with Gasteiger partial charge in [0.05, 0.1) is 12.2 Å². The molecule has 1 aromatic carbocycles. The minimum atomic E-state index is 0.822. The number of nitrogens with one attached hydrogen (secondary N) is 1. The van der Waals surface area contributed by atoms with Crippen molar-refractivity contribution in [2.45, 2.75) is 52.6 Å². The summed E-state index contributed by atoms with van der Waals surface area (Å²) in [7, 11) is 0. The quantitative estimate of drug-likeness (QED) is 0.727. The fourth-order valence-corrected chi connectivity index (χ4v) is 2.36. The van der Waals surface area contributed by atoms with E-state index in [2.05, 4.69) is 54.6 Å².